The summed E-state index contributed by atoms with van der Waals surface area (Å²) in [6.07, 6.45) is 1.38. The van der Waals surface area contributed by atoms with Gasteiger partial charge in [-0.15, -0.1) is 10.2 Å². The van der Waals surface area contributed by atoms with Crippen LogP contribution in [0.2, 0.25) is 0 Å². The van der Waals surface area contributed by atoms with Crippen molar-refractivity contribution in [1.82, 2.24) is 10.2 Å². The summed E-state index contributed by atoms with van der Waals surface area (Å²) < 4.78 is 5.23. The van der Waals surface area contributed by atoms with E-state index in [0.29, 0.717) is 15.7 Å². The molecular formula is C22H21N3O4S. The first-order chi connectivity index (χ1) is 14.2. The first-order valence-corrected chi connectivity index (χ1v) is 10.3. The van der Waals surface area contributed by atoms with Crippen molar-refractivity contribution in [1.29, 1.82) is 0 Å². The number of furan rings is 1. The van der Waals surface area contributed by atoms with Gasteiger partial charge in [0.2, 0.25) is 10.9 Å². The molecule has 0 radical (unpaired) electrons. The maximum atomic E-state index is 13.1. The molecule has 3 heterocycles. The number of hydrogen-bond acceptors (Lipinski definition) is 7. The molecule has 3 aromatic rings. The van der Waals surface area contributed by atoms with E-state index in [-0.39, 0.29) is 16.7 Å². The zero-order valence-corrected chi connectivity index (χ0v) is 17.9. The molecule has 0 aliphatic carbocycles. The summed E-state index contributed by atoms with van der Waals surface area (Å²) in [6, 6.07) is 9.92. The van der Waals surface area contributed by atoms with Gasteiger partial charge in [-0.25, -0.2) is 0 Å². The third-order valence-electron chi connectivity index (χ3n) is 5.01. The number of carbonyl (C=O) groups is 2. The highest BCUT2D eigenvalue weighted by atomic mass is 32.1. The summed E-state index contributed by atoms with van der Waals surface area (Å²) in [5.74, 6) is -1.78. The number of carbonyl (C=O) groups excluding carboxylic acids is 2. The number of amides is 1. The number of benzene rings is 1. The predicted octanol–water partition coefficient (Wildman–Crippen LogP) is 4.52. The molecule has 0 saturated carbocycles. The Hall–Kier alpha value is -3.26. The van der Waals surface area contributed by atoms with Crippen LogP contribution in [0.5, 0.6) is 0 Å². The molecule has 0 unspecified atom stereocenters. The van der Waals surface area contributed by atoms with E-state index in [2.05, 4.69) is 31.0 Å². The van der Waals surface area contributed by atoms with Gasteiger partial charge in [-0.2, -0.15) is 0 Å². The second-order valence-corrected chi connectivity index (χ2v) is 9.28. The number of aliphatic hydroxyl groups excluding tert-OH is 1. The summed E-state index contributed by atoms with van der Waals surface area (Å²) in [7, 11) is 0. The number of anilines is 1. The Morgan fingerprint density at radius 2 is 1.87 bits per heavy atom. The van der Waals surface area contributed by atoms with Crippen LogP contribution in [-0.4, -0.2) is 27.0 Å². The zero-order valence-electron chi connectivity index (χ0n) is 17.0. The fourth-order valence-electron chi connectivity index (χ4n) is 3.44. The minimum absolute atomic E-state index is 0.0358. The maximum Gasteiger partial charge on any atom is 0.296 e. The molecule has 154 valence electrons. The number of hydrogen-bond donors (Lipinski definition) is 1. The summed E-state index contributed by atoms with van der Waals surface area (Å²) in [4.78, 5) is 27.4. The molecule has 1 N–H and O–H groups in total. The average Bonchev–Trinajstić information content (AvgIpc) is 3.42. The second kappa shape index (κ2) is 7.21. The van der Waals surface area contributed by atoms with Crippen LogP contribution in [0.15, 0.2) is 58.4 Å². The third-order valence-corrected chi connectivity index (χ3v) is 5.85. The van der Waals surface area contributed by atoms with Gasteiger partial charge < -0.3 is 9.52 Å². The van der Waals surface area contributed by atoms with Crippen molar-refractivity contribution >= 4 is 28.2 Å². The van der Waals surface area contributed by atoms with Crippen LogP contribution in [0.25, 0.3) is 0 Å². The van der Waals surface area contributed by atoms with Crippen molar-refractivity contribution in [2.45, 2.75) is 39.2 Å². The van der Waals surface area contributed by atoms with Crippen molar-refractivity contribution in [2.24, 2.45) is 0 Å². The van der Waals surface area contributed by atoms with E-state index in [0.717, 1.165) is 5.56 Å². The average molecular weight is 423 g/mol. The van der Waals surface area contributed by atoms with Gasteiger partial charge in [-0.05, 0) is 35.6 Å². The number of ketones is 1. The molecule has 1 amide bonds. The second-order valence-electron chi connectivity index (χ2n) is 8.12. The standard InChI is InChI=1S/C22H21N3O4S/c1-12-23-24-21(30-12)25-17(13-7-9-14(10-8-13)22(2,3)4)16(19(27)20(25)28)18(26)15-6-5-11-29-15/h5-11,17,27H,1-4H3/t17-/m0/s1. The van der Waals surface area contributed by atoms with Gasteiger partial charge in [0.05, 0.1) is 17.9 Å². The summed E-state index contributed by atoms with van der Waals surface area (Å²) in [5.41, 5.74) is 1.71. The summed E-state index contributed by atoms with van der Waals surface area (Å²) in [5, 5.41) is 19.7. The molecule has 30 heavy (non-hydrogen) atoms. The van der Waals surface area contributed by atoms with Gasteiger partial charge >= 0.3 is 0 Å². The highest BCUT2D eigenvalue weighted by molar-refractivity contribution is 7.15. The first kappa shape index (κ1) is 20.0. The lowest BCUT2D eigenvalue weighted by atomic mass is 9.85. The number of aryl methyl sites for hydroxylation is 1. The van der Waals surface area contributed by atoms with E-state index in [9.17, 15) is 14.7 Å². The summed E-state index contributed by atoms with van der Waals surface area (Å²) >= 11 is 1.22. The number of rotatable bonds is 4. The molecule has 7 nitrogen and oxygen atoms in total. The third kappa shape index (κ3) is 3.33. The normalized spacial score (nSPS) is 17.1. The van der Waals surface area contributed by atoms with Crippen LogP contribution < -0.4 is 4.90 Å². The zero-order chi connectivity index (χ0) is 21.6. The molecule has 1 atom stereocenters. The maximum absolute atomic E-state index is 13.1. The van der Waals surface area contributed by atoms with Crippen LogP contribution in [0, 0.1) is 6.92 Å². The molecule has 0 bridgehead atoms. The van der Waals surface area contributed by atoms with E-state index >= 15 is 0 Å². The van der Waals surface area contributed by atoms with Gasteiger partial charge in [-0.1, -0.05) is 56.4 Å². The number of Topliss-reactive ketones (excluding diaryl/α,β-unsaturated/α-hetero) is 1. The quantitative estimate of drug-likeness (QED) is 0.620. The van der Waals surface area contributed by atoms with Crippen molar-refractivity contribution < 1.29 is 19.1 Å². The van der Waals surface area contributed by atoms with Gasteiger partial charge in [-0.3, -0.25) is 14.5 Å². The fourth-order valence-corrected chi connectivity index (χ4v) is 4.15. The van der Waals surface area contributed by atoms with Crippen LogP contribution in [0.3, 0.4) is 0 Å². The van der Waals surface area contributed by atoms with E-state index < -0.39 is 23.5 Å². The van der Waals surface area contributed by atoms with Crippen molar-refractivity contribution in [3.63, 3.8) is 0 Å². The molecule has 1 aliphatic heterocycles. The highest BCUT2D eigenvalue weighted by Gasteiger charge is 2.46. The number of aromatic nitrogens is 2. The molecular weight excluding hydrogens is 402 g/mol. The van der Waals surface area contributed by atoms with E-state index in [4.69, 9.17) is 4.42 Å². The van der Waals surface area contributed by atoms with Gasteiger partial charge in [0, 0.05) is 0 Å². The number of aliphatic hydroxyl groups is 1. The first-order valence-electron chi connectivity index (χ1n) is 9.44. The molecule has 8 heteroatoms. The van der Waals surface area contributed by atoms with Gasteiger partial charge in [0.1, 0.15) is 5.01 Å². The molecule has 0 spiro atoms. The van der Waals surface area contributed by atoms with Gasteiger partial charge in [0.25, 0.3) is 5.91 Å². The minimum atomic E-state index is -0.837. The predicted molar refractivity (Wildman–Crippen MR) is 113 cm³/mol. The lowest BCUT2D eigenvalue weighted by Crippen LogP contribution is -2.31. The number of nitrogens with zero attached hydrogens (tertiary/aromatic N) is 3. The van der Waals surface area contributed by atoms with Crippen LogP contribution in [0.4, 0.5) is 5.13 Å². The van der Waals surface area contributed by atoms with Crippen molar-refractivity contribution in [3.05, 3.63) is 75.9 Å². The van der Waals surface area contributed by atoms with E-state index in [1.54, 1.807) is 13.0 Å². The Morgan fingerprint density at radius 3 is 2.40 bits per heavy atom. The Kier molecular flexibility index (Phi) is 4.82. The Labute approximate surface area is 177 Å². The lowest BCUT2D eigenvalue weighted by Gasteiger charge is -2.25. The van der Waals surface area contributed by atoms with Crippen LogP contribution >= 0.6 is 11.3 Å². The van der Waals surface area contributed by atoms with Gasteiger partial charge in [0.15, 0.2) is 11.5 Å². The summed E-state index contributed by atoms with van der Waals surface area (Å²) in [6.45, 7) is 8.09. The van der Waals surface area contributed by atoms with E-state index in [1.807, 2.05) is 24.3 Å². The molecule has 1 aromatic carbocycles. The highest BCUT2D eigenvalue weighted by Crippen LogP contribution is 2.43. The van der Waals surface area contributed by atoms with Crippen molar-refractivity contribution in [3.8, 4) is 0 Å². The SMILES string of the molecule is Cc1nnc(N2C(=O)C(O)=C(C(=O)c3ccco3)[C@@H]2c2ccc(C(C)(C)C)cc2)s1. The van der Waals surface area contributed by atoms with Crippen LogP contribution in [0.1, 0.15) is 53.5 Å². The lowest BCUT2D eigenvalue weighted by molar-refractivity contribution is -0.117. The monoisotopic (exact) mass is 423 g/mol. The Bertz CT molecular complexity index is 1140. The van der Waals surface area contributed by atoms with E-state index in [1.165, 1.54) is 28.6 Å². The fraction of sp³-hybridized carbons (Fsp3) is 0.273. The van der Waals surface area contributed by atoms with Crippen molar-refractivity contribution in [2.75, 3.05) is 4.90 Å². The molecule has 0 saturated heterocycles. The smallest absolute Gasteiger partial charge is 0.296 e. The van der Waals surface area contributed by atoms with Crippen LogP contribution in [-0.2, 0) is 10.2 Å². The topological polar surface area (TPSA) is 96.5 Å². The largest absolute Gasteiger partial charge is 0.503 e. The molecule has 4 rings (SSSR count). The Morgan fingerprint density at radius 1 is 1.17 bits per heavy atom. The Balaban J connectivity index is 1.85. The molecule has 2 aromatic heterocycles. The molecule has 1 aliphatic rings. The molecule has 0 fully saturated rings. The minimum Gasteiger partial charge on any atom is -0.503 e.